The number of aromatic nitrogens is 5. The van der Waals surface area contributed by atoms with Gasteiger partial charge in [-0.15, -0.1) is 0 Å². The predicted molar refractivity (Wildman–Crippen MR) is 243 cm³/mol. The summed E-state index contributed by atoms with van der Waals surface area (Å²) in [5.41, 5.74) is 7.88. The molecule has 5 nitrogen and oxygen atoms in total. The number of nitrogens with zero attached hydrogens (tertiary/aromatic N) is 5. The minimum atomic E-state index is 0.614. The van der Waals surface area contributed by atoms with Crippen molar-refractivity contribution >= 4 is 59.5 Å². The molecular weight excluding hydrogens is 719 g/mol. The van der Waals surface area contributed by atoms with Crippen molar-refractivity contribution in [3.63, 3.8) is 0 Å². The molecule has 0 saturated heterocycles. The van der Waals surface area contributed by atoms with Gasteiger partial charge >= 0.3 is 0 Å². The zero-order valence-electron chi connectivity index (χ0n) is 31.8. The lowest BCUT2D eigenvalue weighted by atomic mass is 9.94. The topological polar surface area (TPSA) is 56.0 Å². The molecule has 0 saturated carbocycles. The van der Waals surface area contributed by atoms with Gasteiger partial charge in [0.15, 0.2) is 17.5 Å². The summed E-state index contributed by atoms with van der Waals surface area (Å²) in [4.78, 5) is 21.4. The van der Waals surface area contributed by atoms with Gasteiger partial charge in [0.1, 0.15) is 5.65 Å². The second kappa shape index (κ2) is 13.3. The number of hydrogen-bond donors (Lipinski definition) is 0. The van der Waals surface area contributed by atoms with Crippen LogP contribution in [0.1, 0.15) is 0 Å². The Morgan fingerprint density at radius 2 is 0.729 bits per heavy atom. The largest absolute Gasteiger partial charge is 0.299 e. The van der Waals surface area contributed by atoms with Crippen molar-refractivity contribution in [1.82, 2.24) is 24.3 Å². The summed E-state index contributed by atoms with van der Waals surface area (Å²) >= 11 is 0. The average molecular weight is 752 g/mol. The number of imidazole rings is 1. The van der Waals surface area contributed by atoms with Crippen molar-refractivity contribution in [1.29, 1.82) is 0 Å². The lowest BCUT2D eigenvalue weighted by Crippen LogP contribution is -2.02. The molecule has 0 radical (unpaired) electrons. The first kappa shape index (κ1) is 33.2. The van der Waals surface area contributed by atoms with Gasteiger partial charge in [0.05, 0.1) is 11.4 Å². The minimum absolute atomic E-state index is 0.614. The summed E-state index contributed by atoms with van der Waals surface area (Å²) < 4.78 is 2.19. The number of rotatable bonds is 5. The van der Waals surface area contributed by atoms with E-state index in [1.807, 2.05) is 12.1 Å². The van der Waals surface area contributed by atoms with Gasteiger partial charge in [0.25, 0.3) is 0 Å². The molecule has 59 heavy (non-hydrogen) atoms. The van der Waals surface area contributed by atoms with Crippen LogP contribution in [-0.2, 0) is 0 Å². The molecule has 0 atom stereocenters. The third-order valence-corrected chi connectivity index (χ3v) is 11.7. The SMILES string of the molecule is c1ccc(-c2nc3ccccn3c2-c2ccc(-c3nc(-c4cc5ccccc5c5ccccc45)nc(-c4cc5ccccc5c5ccccc45)n3)c3ccccc23)cc1. The maximum absolute atomic E-state index is 5.42. The summed E-state index contributed by atoms with van der Waals surface area (Å²) in [6.07, 6.45) is 2.10. The zero-order chi connectivity index (χ0) is 38.9. The Morgan fingerprint density at radius 3 is 1.31 bits per heavy atom. The van der Waals surface area contributed by atoms with Gasteiger partial charge in [-0.1, -0.05) is 164 Å². The maximum atomic E-state index is 5.42. The number of benzene rings is 9. The first-order valence-electron chi connectivity index (χ1n) is 19.9. The molecule has 0 aliphatic heterocycles. The molecule has 12 rings (SSSR count). The van der Waals surface area contributed by atoms with Crippen molar-refractivity contribution in [3.8, 4) is 56.7 Å². The van der Waals surface area contributed by atoms with Gasteiger partial charge in [0.2, 0.25) is 0 Å². The fourth-order valence-corrected chi connectivity index (χ4v) is 8.97. The summed E-state index contributed by atoms with van der Waals surface area (Å²) in [6, 6.07) is 68.2. The molecule has 0 N–H and O–H groups in total. The Morgan fingerprint density at radius 1 is 0.305 bits per heavy atom. The van der Waals surface area contributed by atoms with E-state index in [1.54, 1.807) is 0 Å². The van der Waals surface area contributed by atoms with Crippen molar-refractivity contribution in [2.75, 3.05) is 0 Å². The van der Waals surface area contributed by atoms with Crippen molar-refractivity contribution < 1.29 is 0 Å². The lowest BCUT2D eigenvalue weighted by molar-refractivity contribution is 1.08. The highest BCUT2D eigenvalue weighted by atomic mass is 15.0. The second-order valence-electron chi connectivity index (χ2n) is 15.0. The van der Waals surface area contributed by atoms with Crippen molar-refractivity contribution in [2.45, 2.75) is 0 Å². The Kier molecular flexibility index (Phi) is 7.47. The van der Waals surface area contributed by atoms with Crippen molar-refractivity contribution in [2.24, 2.45) is 0 Å². The van der Waals surface area contributed by atoms with E-state index in [2.05, 4.69) is 193 Å². The molecule has 3 heterocycles. The van der Waals surface area contributed by atoms with Crippen LogP contribution in [-0.4, -0.2) is 24.3 Å². The molecule has 274 valence electrons. The predicted octanol–water partition coefficient (Wildman–Crippen LogP) is 13.6. The van der Waals surface area contributed by atoms with E-state index >= 15 is 0 Å². The van der Waals surface area contributed by atoms with E-state index < -0.39 is 0 Å². The molecule has 3 aromatic heterocycles. The van der Waals surface area contributed by atoms with E-state index in [-0.39, 0.29) is 0 Å². The van der Waals surface area contributed by atoms with Gasteiger partial charge in [-0.2, -0.15) is 0 Å². The van der Waals surface area contributed by atoms with Gasteiger partial charge in [0, 0.05) is 34.0 Å². The second-order valence-corrected chi connectivity index (χ2v) is 15.0. The third kappa shape index (κ3) is 5.33. The molecule has 0 bridgehead atoms. The van der Waals surface area contributed by atoms with Crippen LogP contribution in [0.15, 0.2) is 200 Å². The fraction of sp³-hybridized carbons (Fsp3) is 0. The van der Waals surface area contributed by atoms with E-state index in [4.69, 9.17) is 19.9 Å². The molecule has 0 amide bonds. The third-order valence-electron chi connectivity index (χ3n) is 11.7. The van der Waals surface area contributed by atoms with E-state index in [9.17, 15) is 0 Å². The smallest absolute Gasteiger partial charge is 0.164 e. The monoisotopic (exact) mass is 751 g/mol. The maximum Gasteiger partial charge on any atom is 0.164 e. The van der Waals surface area contributed by atoms with E-state index in [0.717, 1.165) is 87.9 Å². The lowest BCUT2D eigenvalue weighted by Gasteiger charge is -2.16. The van der Waals surface area contributed by atoms with Crippen molar-refractivity contribution in [3.05, 3.63) is 200 Å². The van der Waals surface area contributed by atoms with Crippen LogP contribution in [0.3, 0.4) is 0 Å². The molecule has 5 heteroatoms. The summed E-state index contributed by atoms with van der Waals surface area (Å²) in [5.74, 6) is 1.87. The number of pyridine rings is 1. The molecule has 12 aromatic rings. The molecule has 0 unspecified atom stereocenters. The Balaban J connectivity index is 1.15. The average Bonchev–Trinajstić information content (AvgIpc) is 3.70. The van der Waals surface area contributed by atoms with E-state index in [0.29, 0.717) is 17.5 Å². The fourth-order valence-electron chi connectivity index (χ4n) is 8.97. The highest BCUT2D eigenvalue weighted by Gasteiger charge is 2.22. The first-order chi connectivity index (χ1) is 29.3. The summed E-state index contributed by atoms with van der Waals surface area (Å²) in [7, 11) is 0. The van der Waals surface area contributed by atoms with Gasteiger partial charge in [-0.05, 0) is 84.2 Å². The highest BCUT2D eigenvalue weighted by molar-refractivity contribution is 6.15. The molecular formula is C54H33N5. The van der Waals surface area contributed by atoms with Crippen LogP contribution in [0.2, 0.25) is 0 Å². The van der Waals surface area contributed by atoms with Crippen LogP contribution in [0.25, 0.3) is 116 Å². The molecule has 0 spiro atoms. The van der Waals surface area contributed by atoms with Crippen LogP contribution in [0, 0.1) is 0 Å². The normalized spacial score (nSPS) is 11.7. The Hall–Kier alpha value is -8.02. The van der Waals surface area contributed by atoms with Gasteiger partial charge < -0.3 is 0 Å². The van der Waals surface area contributed by atoms with Crippen LogP contribution in [0.5, 0.6) is 0 Å². The van der Waals surface area contributed by atoms with Gasteiger partial charge in [-0.25, -0.2) is 19.9 Å². The highest BCUT2D eigenvalue weighted by Crippen LogP contribution is 2.42. The Labute approximate surface area is 339 Å². The van der Waals surface area contributed by atoms with Gasteiger partial charge in [-0.3, -0.25) is 4.40 Å². The number of hydrogen-bond acceptors (Lipinski definition) is 4. The molecule has 0 aliphatic rings. The number of fused-ring (bicyclic) bond motifs is 8. The zero-order valence-corrected chi connectivity index (χ0v) is 31.8. The first-order valence-corrected chi connectivity index (χ1v) is 19.9. The summed E-state index contributed by atoms with van der Waals surface area (Å²) in [5, 5.41) is 11.3. The van der Waals surface area contributed by atoms with Crippen LogP contribution >= 0.6 is 0 Å². The van der Waals surface area contributed by atoms with Crippen LogP contribution < -0.4 is 0 Å². The molecule has 9 aromatic carbocycles. The molecule has 0 fully saturated rings. The van der Waals surface area contributed by atoms with Crippen LogP contribution in [0.4, 0.5) is 0 Å². The molecule has 0 aliphatic carbocycles. The van der Waals surface area contributed by atoms with E-state index in [1.165, 1.54) is 10.8 Å². The quantitative estimate of drug-likeness (QED) is 0.164. The standard InChI is InChI=1S/C54H33N5/c1-2-16-34(17-3-1)50-51(59-31-15-14-28-49(59)55-50)45-29-30-46(42-25-11-10-24-41(42)45)52-56-53(47-32-35-18-4-6-20-37(35)39-22-8-12-26-43(39)47)58-54(57-52)48-33-36-19-5-7-21-38(36)40-23-9-13-27-44(40)48/h1-33H. The summed E-state index contributed by atoms with van der Waals surface area (Å²) in [6.45, 7) is 0. The minimum Gasteiger partial charge on any atom is -0.299 e. The Bertz CT molecular complexity index is 3490.